The van der Waals surface area contributed by atoms with E-state index in [1.54, 1.807) is 24.3 Å². The van der Waals surface area contributed by atoms with Crippen molar-refractivity contribution in [2.24, 2.45) is 11.8 Å². The summed E-state index contributed by atoms with van der Waals surface area (Å²) in [6.45, 7) is 3.11. The number of hydrogen-bond donors (Lipinski definition) is 1. The first-order valence-electron chi connectivity index (χ1n) is 7.27. The first-order chi connectivity index (χ1) is 10.2. The van der Waals surface area contributed by atoms with Gasteiger partial charge in [-0.1, -0.05) is 0 Å². The summed E-state index contributed by atoms with van der Waals surface area (Å²) in [5, 5.41) is 6.49. The summed E-state index contributed by atoms with van der Waals surface area (Å²) in [4.78, 5) is 28.4. The van der Waals surface area contributed by atoms with Gasteiger partial charge in [-0.25, -0.2) is 0 Å². The van der Waals surface area contributed by atoms with E-state index in [4.69, 9.17) is 4.74 Å². The van der Waals surface area contributed by atoms with Crippen LogP contribution < -0.4 is 0 Å². The van der Waals surface area contributed by atoms with E-state index in [9.17, 15) is 9.59 Å². The molecule has 0 aromatic carbocycles. The highest BCUT2D eigenvalue weighted by atomic mass is 16.5. The standard InChI is InChI=1S/C14H20N4O3/c1-21-7-6-17-5-3-10-8-18(9-11(10)13(17)19)14(20)12-2-4-15-16-12/h2,4,10-11H,3,5-9H2,1H3,(H,15,16). The minimum absolute atomic E-state index is 0.0672. The lowest BCUT2D eigenvalue weighted by molar-refractivity contribution is -0.140. The Hall–Kier alpha value is -1.89. The van der Waals surface area contributed by atoms with Crippen LogP contribution in [0.1, 0.15) is 16.9 Å². The zero-order valence-corrected chi connectivity index (χ0v) is 12.1. The third-order valence-electron chi connectivity index (χ3n) is 4.42. The van der Waals surface area contributed by atoms with Gasteiger partial charge in [0.05, 0.1) is 12.5 Å². The average Bonchev–Trinajstić information content (AvgIpc) is 3.15. The highest BCUT2D eigenvalue weighted by molar-refractivity contribution is 5.93. The summed E-state index contributed by atoms with van der Waals surface area (Å²) in [7, 11) is 1.64. The van der Waals surface area contributed by atoms with Gasteiger partial charge < -0.3 is 14.5 Å². The largest absolute Gasteiger partial charge is 0.383 e. The minimum Gasteiger partial charge on any atom is -0.383 e. The van der Waals surface area contributed by atoms with E-state index in [2.05, 4.69) is 10.2 Å². The van der Waals surface area contributed by atoms with Crippen molar-refractivity contribution in [2.75, 3.05) is 39.9 Å². The molecule has 2 aliphatic rings. The summed E-state index contributed by atoms with van der Waals surface area (Å²) < 4.78 is 5.04. The molecule has 7 nitrogen and oxygen atoms in total. The third-order valence-corrected chi connectivity index (χ3v) is 4.42. The maximum atomic E-state index is 12.5. The molecule has 0 saturated carbocycles. The molecule has 0 spiro atoms. The fourth-order valence-corrected chi connectivity index (χ4v) is 3.24. The van der Waals surface area contributed by atoms with Crippen molar-refractivity contribution >= 4 is 11.8 Å². The van der Waals surface area contributed by atoms with Gasteiger partial charge in [0.15, 0.2) is 0 Å². The van der Waals surface area contributed by atoms with Crippen LogP contribution in [0.5, 0.6) is 0 Å². The van der Waals surface area contributed by atoms with Crippen molar-refractivity contribution in [1.82, 2.24) is 20.0 Å². The van der Waals surface area contributed by atoms with Gasteiger partial charge in [-0.2, -0.15) is 5.10 Å². The van der Waals surface area contributed by atoms with Crippen LogP contribution in [0.3, 0.4) is 0 Å². The zero-order valence-electron chi connectivity index (χ0n) is 12.1. The Kier molecular flexibility index (Phi) is 3.92. The van der Waals surface area contributed by atoms with Gasteiger partial charge in [-0.15, -0.1) is 0 Å². The summed E-state index contributed by atoms with van der Waals surface area (Å²) in [5.74, 6) is 0.298. The Bertz CT molecular complexity index is 516. The second kappa shape index (κ2) is 5.85. The normalized spacial score (nSPS) is 25.3. The van der Waals surface area contributed by atoms with Crippen molar-refractivity contribution in [3.63, 3.8) is 0 Å². The number of H-pyrrole nitrogens is 1. The van der Waals surface area contributed by atoms with Crippen LogP contribution in [0.25, 0.3) is 0 Å². The lowest BCUT2D eigenvalue weighted by Crippen LogP contribution is -2.46. The van der Waals surface area contributed by atoms with Crippen LogP contribution in [0, 0.1) is 11.8 Å². The predicted molar refractivity (Wildman–Crippen MR) is 74.5 cm³/mol. The maximum Gasteiger partial charge on any atom is 0.271 e. The summed E-state index contributed by atoms with van der Waals surface area (Å²) >= 11 is 0. The Labute approximate surface area is 123 Å². The summed E-state index contributed by atoms with van der Waals surface area (Å²) in [5.41, 5.74) is 0.484. The number of likely N-dealkylation sites (tertiary alicyclic amines) is 2. The molecule has 1 aromatic rings. The van der Waals surface area contributed by atoms with E-state index >= 15 is 0 Å². The number of ether oxygens (including phenoxy) is 1. The molecule has 2 aliphatic heterocycles. The summed E-state index contributed by atoms with van der Waals surface area (Å²) in [6, 6.07) is 1.66. The maximum absolute atomic E-state index is 12.5. The van der Waals surface area contributed by atoms with Crippen LogP contribution in [0.15, 0.2) is 12.3 Å². The second-order valence-corrected chi connectivity index (χ2v) is 5.65. The molecule has 3 heterocycles. The lowest BCUT2D eigenvalue weighted by atomic mass is 9.88. The first kappa shape index (κ1) is 14.1. The van der Waals surface area contributed by atoms with Crippen LogP contribution in [0.4, 0.5) is 0 Å². The number of nitrogens with one attached hydrogen (secondary N) is 1. The van der Waals surface area contributed by atoms with E-state index < -0.39 is 0 Å². The third kappa shape index (κ3) is 2.65. The van der Waals surface area contributed by atoms with Crippen molar-refractivity contribution in [3.05, 3.63) is 18.0 Å². The Balaban J connectivity index is 1.65. The van der Waals surface area contributed by atoms with E-state index in [1.165, 1.54) is 0 Å². The molecule has 2 amide bonds. The number of amides is 2. The average molecular weight is 292 g/mol. The van der Waals surface area contributed by atoms with E-state index in [1.807, 2.05) is 4.90 Å². The number of fused-ring (bicyclic) bond motifs is 1. The number of carbonyl (C=O) groups is 2. The number of carbonyl (C=O) groups excluding carboxylic acids is 2. The van der Waals surface area contributed by atoms with E-state index in [-0.39, 0.29) is 23.7 Å². The van der Waals surface area contributed by atoms with Crippen molar-refractivity contribution in [1.29, 1.82) is 0 Å². The number of piperidine rings is 1. The van der Waals surface area contributed by atoms with Crippen molar-refractivity contribution in [2.45, 2.75) is 6.42 Å². The summed E-state index contributed by atoms with van der Waals surface area (Å²) in [6.07, 6.45) is 2.51. The molecular formula is C14H20N4O3. The van der Waals surface area contributed by atoms with Gasteiger partial charge in [0, 0.05) is 39.5 Å². The molecule has 0 bridgehead atoms. The molecule has 1 N–H and O–H groups in total. The molecule has 2 atom stereocenters. The smallest absolute Gasteiger partial charge is 0.271 e. The van der Waals surface area contributed by atoms with Gasteiger partial charge in [0.25, 0.3) is 5.91 Å². The molecule has 0 radical (unpaired) electrons. The van der Waals surface area contributed by atoms with Gasteiger partial charge in [0.1, 0.15) is 5.69 Å². The Morgan fingerprint density at radius 3 is 3.10 bits per heavy atom. The fourth-order valence-electron chi connectivity index (χ4n) is 3.24. The van der Waals surface area contributed by atoms with Crippen molar-refractivity contribution in [3.8, 4) is 0 Å². The SMILES string of the molecule is COCCN1CCC2CN(C(=O)c3ccn[nH]3)CC2C1=O. The van der Waals surface area contributed by atoms with Crippen LogP contribution >= 0.6 is 0 Å². The Morgan fingerprint density at radius 1 is 1.52 bits per heavy atom. The van der Waals surface area contributed by atoms with E-state index in [0.29, 0.717) is 31.9 Å². The number of aromatic nitrogens is 2. The highest BCUT2D eigenvalue weighted by Crippen LogP contribution is 2.32. The molecule has 2 unspecified atom stereocenters. The molecule has 21 heavy (non-hydrogen) atoms. The van der Waals surface area contributed by atoms with Gasteiger partial charge in [-0.3, -0.25) is 14.7 Å². The van der Waals surface area contributed by atoms with Gasteiger partial charge >= 0.3 is 0 Å². The monoisotopic (exact) mass is 292 g/mol. The molecule has 7 heteroatoms. The number of methoxy groups -OCH3 is 1. The number of rotatable bonds is 4. The van der Waals surface area contributed by atoms with Gasteiger partial charge in [0.2, 0.25) is 5.91 Å². The molecule has 0 aliphatic carbocycles. The molecule has 2 saturated heterocycles. The zero-order chi connectivity index (χ0) is 14.8. The van der Waals surface area contributed by atoms with Crippen LogP contribution in [-0.4, -0.2) is 71.7 Å². The van der Waals surface area contributed by atoms with Gasteiger partial charge in [-0.05, 0) is 18.4 Å². The molecule has 114 valence electrons. The number of hydrogen-bond acceptors (Lipinski definition) is 4. The minimum atomic E-state index is -0.0712. The topological polar surface area (TPSA) is 78.5 Å². The molecule has 2 fully saturated rings. The predicted octanol–water partition coefficient (Wildman–Crippen LogP) is -0.0234. The van der Waals surface area contributed by atoms with Crippen molar-refractivity contribution < 1.29 is 14.3 Å². The fraction of sp³-hybridized carbons (Fsp3) is 0.643. The molecule has 1 aromatic heterocycles. The first-order valence-corrected chi connectivity index (χ1v) is 7.27. The van der Waals surface area contributed by atoms with Crippen LogP contribution in [-0.2, 0) is 9.53 Å². The van der Waals surface area contributed by atoms with Crippen LogP contribution in [0.2, 0.25) is 0 Å². The number of nitrogens with zero attached hydrogens (tertiary/aromatic N) is 3. The Morgan fingerprint density at radius 2 is 2.38 bits per heavy atom. The van der Waals surface area contributed by atoms with E-state index in [0.717, 1.165) is 13.0 Å². The quantitative estimate of drug-likeness (QED) is 0.845. The molecular weight excluding hydrogens is 272 g/mol. The second-order valence-electron chi connectivity index (χ2n) is 5.65. The number of aromatic amines is 1. The lowest BCUT2D eigenvalue weighted by Gasteiger charge is -2.33. The highest BCUT2D eigenvalue weighted by Gasteiger charge is 2.44. The molecule has 3 rings (SSSR count).